The summed E-state index contributed by atoms with van der Waals surface area (Å²) in [4.78, 5) is 11.8. The number of ether oxygens (including phenoxy) is 1. The van der Waals surface area contributed by atoms with Crippen molar-refractivity contribution in [2.24, 2.45) is 0 Å². The quantitative estimate of drug-likeness (QED) is 0.511. The molecule has 0 atom stereocenters. The first kappa shape index (κ1) is 22.1. The van der Waals surface area contributed by atoms with Gasteiger partial charge in [-0.2, -0.15) is 8.78 Å². The summed E-state index contributed by atoms with van der Waals surface area (Å²) in [5.41, 5.74) is 0.634. The van der Waals surface area contributed by atoms with Crippen LogP contribution in [0.1, 0.15) is 10.4 Å². The van der Waals surface area contributed by atoms with Crippen LogP contribution in [-0.2, 0) is 10.0 Å². The highest BCUT2D eigenvalue weighted by Crippen LogP contribution is 2.21. The third kappa shape index (κ3) is 5.72. The van der Waals surface area contributed by atoms with Gasteiger partial charge in [0, 0.05) is 16.9 Å². The number of benzene rings is 3. The second kappa shape index (κ2) is 9.04. The highest BCUT2D eigenvalue weighted by molar-refractivity contribution is 7.92. The van der Waals surface area contributed by atoms with Crippen molar-refractivity contribution in [1.82, 2.24) is 0 Å². The summed E-state index contributed by atoms with van der Waals surface area (Å²) in [6, 6.07) is 12.8. The Kier molecular flexibility index (Phi) is 6.44. The molecule has 0 aromatic heterocycles. The minimum atomic E-state index is -4.15. The van der Waals surface area contributed by atoms with E-state index < -0.39 is 39.1 Å². The first-order chi connectivity index (χ1) is 14.6. The number of nitrogens with one attached hydrogen (secondary N) is 2. The Morgan fingerprint density at radius 3 is 2.03 bits per heavy atom. The van der Waals surface area contributed by atoms with E-state index in [0.717, 1.165) is 6.07 Å². The molecule has 0 spiro atoms. The standard InChI is InChI=1S/C20H14F4N2O4S/c21-17-10-9-16(11-18(17)22)31(28,29)26-14-5-3-13(4-6-14)25-19(27)12-1-7-15(8-2-12)30-20(23)24/h1-11,20,26H,(H,25,27). The van der Waals surface area contributed by atoms with Gasteiger partial charge in [0.25, 0.3) is 15.9 Å². The van der Waals surface area contributed by atoms with Gasteiger partial charge < -0.3 is 10.1 Å². The Balaban J connectivity index is 1.65. The molecular weight excluding hydrogens is 440 g/mol. The molecule has 0 saturated carbocycles. The topological polar surface area (TPSA) is 84.5 Å². The number of anilines is 2. The zero-order valence-corrected chi connectivity index (χ0v) is 16.3. The van der Waals surface area contributed by atoms with Crippen LogP contribution in [0, 0.1) is 11.6 Å². The van der Waals surface area contributed by atoms with E-state index in [1.165, 1.54) is 48.5 Å². The average molecular weight is 454 g/mol. The van der Waals surface area contributed by atoms with Crippen LogP contribution >= 0.6 is 0 Å². The summed E-state index contributed by atoms with van der Waals surface area (Å²) in [6.45, 7) is -2.97. The van der Waals surface area contributed by atoms with E-state index >= 15 is 0 Å². The molecule has 0 saturated heterocycles. The fraction of sp³-hybridized carbons (Fsp3) is 0.0500. The smallest absolute Gasteiger partial charge is 0.387 e. The molecule has 6 nitrogen and oxygen atoms in total. The van der Waals surface area contributed by atoms with Crippen molar-refractivity contribution in [2.45, 2.75) is 11.5 Å². The van der Waals surface area contributed by atoms with Gasteiger partial charge >= 0.3 is 6.61 Å². The maximum Gasteiger partial charge on any atom is 0.387 e. The van der Waals surface area contributed by atoms with Crippen LogP contribution < -0.4 is 14.8 Å². The molecule has 0 aliphatic heterocycles. The zero-order valence-electron chi connectivity index (χ0n) is 15.5. The monoisotopic (exact) mass is 454 g/mol. The number of amides is 1. The van der Waals surface area contributed by atoms with Gasteiger partial charge in [0.05, 0.1) is 4.90 Å². The van der Waals surface area contributed by atoms with E-state index in [9.17, 15) is 30.8 Å². The van der Waals surface area contributed by atoms with Gasteiger partial charge in [-0.3, -0.25) is 9.52 Å². The maximum absolute atomic E-state index is 13.3. The van der Waals surface area contributed by atoms with E-state index in [1.54, 1.807) is 0 Å². The highest BCUT2D eigenvalue weighted by atomic mass is 32.2. The van der Waals surface area contributed by atoms with Crippen molar-refractivity contribution in [3.8, 4) is 5.75 Å². The average Bonchev–Trinajstić information content (AvgIpc) is 2.71. The van der Waals surface area contributed by atoms with E-state index in [0.29, 0.717) is 17.8 Å². The summed E-state index contributed by atoms with van der Waals surface area (Å²) in [5.74, 6) is -3.09. The lowest BCUT2D eigenvalue weighted by Gasteiger charge is -2.10. The van der Waals surface area contributed by atoms with Crippen LogP contribution in [0.25, 0.3) is 0 Å². The summed E-state index contributed by atoms with van der Waals surface area (Å²) in [5, 5.41) is 2.56. The second-order valence-electron chi connectivity index (χ2n) is 6.12. The van der Waals surface area contributed by atoms with Crippen LogP contribution in [0.5, 0.6) is 5.75 Å². The largest absolute Gasteiger partial charge is 0.435 e. The Morgan fingerprint density at radius 1 is 0.839 bits per heavy atom. The van der Waals surface area contributed by atoms with E-state index in [4.69, 9.17) is 0 Å². The van der Waals surface area contributed by atoms with Crippen molar-refractivity contribution in [3.63, 3.8) is 0 Å². The van der Waals surface area contributed by atoms with Gasteiger partial charge in [0.15, 0.2) is 11.6 Å². The molecule has 11 heteroatoms. The Morgan fingerprint density at radius 2 is 1.45 bits per heavy atom. The molecule has 162 valence electrons. The number of alkyl halides is 2. The van der Waals surface area contributed by atoms with Gasteiger partial charge in [-0.15, -0.1) is 0 Å². The molecule has 3 aromatic carbocycles. The number of carbonyl (C=O) groups is 1. The molecule has 31 heavy (non-hydrogen) atoms. The first-order valence-electron chi connectivity index (χ1n) is 8.58. The molecule has 3 aromatic rings. The van der Waals surface area contributed by atoms with Crippen LogP contribution in [0.4, 0.5) is 28.9 Å². The molecule has 0 fully saturated rings. The van der Waals surface area contributed by atoms with Gasteiger partial charge in [-0.25, -0.2) is 17.2 Å². The molecule has 1 amide bonds. The number of carbonyl (C=O) groups excluding carboxylic acids is 1. The lowest BCUT2D eigenvalue weighted by Crippen LogP contribution is -2.14. The maximum atomic E-state index is 13.3. The van der Waals surface area contributed by atoms with Crippen molar-refractivity contribution in [3.05, 3.63) is 83.9 Å². The van der Waals surface area contributed by atoms with Gasteiger partial charge in [-0.05, 0) is 66.7 Å². The summed E-state index contributed by atoms with van der Waals surface area (Å²) in [6.07, 6.45) is 0. The summed E-state index contributed by atoms with van der Waals surface area (Å²) < 4.78 is 81.6. The lowest BCUT2D eigenvalue weighted by atomic mass is 10.2. The minimum Gasteiger partial charge on any atom is -0.435 e. The normalized spacial score (nSPS) is 11.3. The second-order valence-corrected chi connectivity index (χ2v) is 7.80. The van der Waals surface area contributed by atoms with Crippen molar-refractivity contribution >= 4 is 27.3 Å². The number of sulfonamides is 1. The molecule has 0 bridgehead atoms. The molecule has 0 radical (unpaired) electrons. The molecule has 0 unspecified atom stereocenters. The Hall–Kier alpha value is -3.60. The summed E-state index contributed by atoms with van der Waals surface area (Å²) in [7, 11) is -4.15. The highest BCUT2D eigenvalue weighted by Gasteiger charge is 2.17. The van der Waals surface area contributed by atoms with Gasteiger partial charge in [0.2, 0.25) is 0 Å². The van der Waals surface area contributed by atoms with Crippen LogP contribution in [-0.4, -0.2) is 20.9 Å². The third-order valence-corrected chi connectivity index (χ3v) is 5.32. The molecule has 3 rings (SSSR count). The molecule has 0 aliphatic rings. The van der Waals surface area contributed by atoms with Crippen LogP contribution in [0.15, 0.2) is 71.6 Å². The van der Waals surface area contributed by atoms with E-state index in [1.807, 2.05) is 0 Å². The fourth-order valence-corrected chi connectivity index (χ4v) is 3.54. The SMILES string of the molecule is O=C(Nc1ccc(NS(=O)(=O)c2ccc(F)c(F)c2)cc1)c1ccc(OC(F)F)cc1. The van der Waals surface area contributed by atoms with E-state index in [2.05, 4.69) is 14.8 Å². The van der Waals surface area contributed by atoms with E-state index in [-0.39, 0.29) is 17.0 Å². The number of hydrogen-bond acceptors (Lipinski definition) is 4. The minimum absolute atomic E-state index is 0.0933. The lowest BCUT2D eigenvalue weighted by molar-refractivity contribution is -0.0498. The molecule has 0 heterocycles. The number of hydrogen-bond donors (Lipinski definition) is 2. The number of halogens is 4. The van der Waals surface area contributed by atoms with Crippen molar-refractivity contribution in [2.75, 3.05) is 10.0 Å². The Labute approximate surface area is 174 Å². The third-order valence-electron chi connectivity index (χ3n) is 3.94. The number of rotatable bonds is 7. The predicted octanol–water partition coefficient (Wildman–Crippen LogP) is 4.62. The molecule has 0 aliphatic carbocycles. The first-order valence-corrected chi connectivity index (χ1v) is 10.1. The van der Waals surface area contributed by atoms with Crippen molar-refractivity contribution in [1.29, 1.82) is 0 Å². The Bertz CT molecular complexity index is 1180. The fourth-order valence-electron chi connectivity index (χ4n) is 2.47. The molecule has 2 N–H and O–H groups in total. The van der Waals surface area contributed by atoms with Gasteiger partial charge in [-0.1, -0.05) is 0 Å². The van der Waals surface area contributed by atoms with Crippen LogP contribution in [0.3, 0.4) is 0 Å². The van der Waals surface area contributed by atoms with Gasteiger partial charge in [0.1, 0.15) is 5.75 Å². The summed E-state index contributed by atoms with van der Waals surface area (Å²) >= 11 is 0. The van der Waals surface area contributed by atoms with Crippen LogP contribution in [0.2, 0.25) is 0 Å². The predicted molar refractivity (Wildman–Crippen MR) is 105 cm³/mol. The zero-order chi connectivity index (χ0) is 22.6. The molecular formula is C20H14F4N2O4S. The van der Waals surface area contributed by atoms with Crippen molar-refractivity contribution < 1.29 is 35.5 Å².